The van der Waals surface area contributed by atoms with E-state index in [9.17, 15) is 0 Å². The molecule has 0 spiro atoms. The number of hydrogen-bond acceptors (Lipinski definition) is 4. The third-order valence-corrected chi connectivity index (χ3v) is 12.9. The predicted molar refractivity (Wildman–Crippen MR) is 266 cm³/mol. The van der Waals surface area contributed by atoms with Gasteiger partial charge in [-0.2, -0.15) is 0 Å². The first kappa shape index (κ1) is 38.7. The third-order valence-electron chi connectivity index (χ3n) is 12.9. The number of ether oxygens (including phenoxy) is 2. The molecule has 0 fully saturated rings. The van der Waals surface area contributed by atoms with E-state index < -0.39 is 0 Å². The molecule has 11 rings (SSSR count). The highest BCUT2D eigenvalue weighted by atomic mass is 16.5. The monoisotopic (exact) mass is 816 g/mol. The molecule has 0 N–H and O–H groups in total. The molecule has 0 radical (unpaired) electrons. The zero-order valence-electron chi connectivity index (χ0n) is 37.0. The van der Waals surface area contributed by atoms with E-state index in [-0.39, 0.29) is 12.1 Å². The Morgan fingerprint density at radius 3 is 1.03 bits per heavy atom. The molecule has 63 heavy (non-hydrogen) atoms. The minimum atomic E-state index is -0.174. The first-order valence-corrected chi connectivity index (χ1v) is 22.0. The number of aryl methyl sites for hydroxylation is 4. The lowest BCUT2D eigenvalue weighted by molar-refractivity contribution is 0.459. The van der Waals surface area contributed by atoms with E-state index in [1.807, 2.05) is 0 Å². The van der Waals surface area contributed by atoms with E-state index in [0.29, 0.717) is 0 Å². The van der Waals surface area contributed by atoms with Crippen LogP contribution in [0.15, 0.2) is 170 Å². The molecule has 2 aliphatic heterocycles. The van der Waals surface area contributed by atoms with Gasteiger partial charge in [-0.3, -0.25) is 0 Å². The molecule has 306 valence electrons. The molecule has 2 heterocycles. The fourth-order valence-corrected chi connectivity index (χ4v) is 9.92. The molecule has 9 aromatic rings. The van der Waals surface area contributed by atoms with Gasteiger partial charge in [0.2, 0.25) is 0 Å². The van der Waals surface area contributed by atoms with Crippen LogP contribution < -0.4 is 35.7 Å². The summed E-state index contributed by atoms with van der Waals surface area (Å²) < 4.78 is 14.6. The van der Waals surface area contributed by atoms with E-state index in [1.165, 1.54) is 22.3 Å². The molecule has 9 aromatic carbocycles. The molecule has 0 atom stereocenters. The molecule has 0 amide bonds. The minimum absolute atomic E-state index is 0.155. The number of anilines is 6. The van der Waals surface area contributed by atoms with Crippen LogP contribution in [0.3, 0.4) is 0 Å². The highest BCUT2D eigenvalue weighted by molar-refractivity contribution is 7.01. The Balaban J connectivity index is 1.22. The lowest BCUT2D eigenvalue weighted by Gasteiger charge is -2.38. The fraction of sp³-hybridized carbons (Fsp3) is 0.138. The standard InChI is InChI=1S/C58H49BN2O2/c1-36-16-12-20-41(28-36)60(42-21-13-17-37(2)29-42)49-34-53-55(47-26-10-8-24-45(47)49)59-56-48-27-11-9-25-46(48)50(61(43-22-14-18-38(3)30-43)44-23-15-19-39(4)31-44)35-54(56)63-52-33-40(58(5,6)7)32-51(62-53)57(52)59/h8-35H,1-7H3. The number of rotatable bonds is 6. The zero-order valence-corrected chi connectivity index (χ0v) is 37.0. The second-order valence-corrected chi connectivity index (χ2v) is 18.5. The van der Waals surface area contributed by atoms with Gasteiger partial charge in [-0.05, 0) is 143 Å². The van der Waals surface area contributed by atoms with Crippen molar-refractivity contribution in [1.29, 1.82) is 0 Å². The van der Waals surface area contributed by atoms with Crippen LogP contribution in [-0.2, 0) is 5.41 Å². The van der Waals surface area contributed by atoms with Gasteiger partial charge >= 0.3 is 0 Å². The zero-order chi connectivity index (χ0) is 43.1. The largest absolute Gasteiger partial charge is 0.458 e. The van der Waals surface area contributed by atoms with Gasteiger partial charge in [0, 0.05) is 51.1 Å². The van der Waals surface area contributed by atoms with Crippen molar-refractivity contribution in [3.05, 3.63) is 198 Å². The SMILES string of the molecule is Cc1cccc(N(c2cccc(C)c2)c2cc3c(c4ccccc24)B2c4c(cc(C(C)(C)C)cc4Oc4cc(N(c5cccc(C)c5)c5cccc(C)c5)c5ccccc5c42)O3)c1. The number of hydrogen-bond donors (Lipinski definition) is 0. The van der Waals surface area contributed by atoms with Crippen LogP contribution in [0.25, 0.3) is 21.5 Å². The van der Waals surface area contributed by atoms with Crippen LogP contribution in [0, 0.1) is 27.7 Å². The van der Waals surface area contributed by atoms with Gasteiger partial charge < -0.3 is 19.3 Å². The van der Waals surface area contributed by atoms with E-state index in [0.717, 1.165) is 101 Å². The van der Waals surface area contributed by atoms with Crippen molar-refractivity contribution >= 4 is 78.8 Å². The van der Waals surface area contributed by atoms with E-state index in [1.54, 1.807) is 0 Å². The summed E-state index contributed by atoms with van der Waals surface area (Å²) in [7, 11) is 0. The maximum atomic E-state index is 7.29. The molecule has 4 nitrogen and oxygen atoms in total. The molecule has 0 saturated carbocycles. The van der Waals surface area contributed by atoms with Crippen LogP contribution in [0.1, 0.15) is 48.6 Å². The average molecular weight is 817 g/mol. The molecule has 2 aliphatic rings. The lowest BCUT2D eigenvalue weighted by Crippen LogP contribution is -2.58. The Morgan fingerprint density at radius 1 is 0.365 bits per heavy atom. The first-order valence-electron chi connectivity index (χ1n) is 22.0. The average Bonchev–Trinajstić information content (AvgIpc) is 3.26. The molecule has 5 heteroatoms. The summed E-state index contributed by atoms with van der Waals surface area (Å²) in [6.07, 6.45) is 0. The van der Waals surface area contributed by atoms with Crippen molar-refractivity contribution in [2.45, 2.75) is 53.9 Å². The summed E-state index contributed by atoms with van der Waals surface area (Å²) >= 11 is 0. The summed E-state index contributed by atoms with van der Waals surface area (Å²) in [6, 6.07) is 62.0. The highest BCUT2D eigenvalue weighted by Gasteiger charge is 2.44. The maximum absolute atomic E-state index is 7.29. The molecule has 0 bridgehead atoms. The molecular formula is C58H49BN2O2. The summed E-state index contributed by atoms with van der Waals surface area (Å²) in [5.41, 5.74) is 15.7. The smallest absolute Gasteiger partial charge is 0.262 e. The summed E-state index contributed by atoms with van der Waals surface area (Å²) in [4.78, 5) is 4.78. The Morgan fingerprint density at radius 2 is 0.698 bits per heavy atom. The predicted octanol–water partition coefficient (Wildman–Crippen LogP) is 14.2. The minimum Gasteiger partial charge on any atom is -0.458 e. The molecule has 0 saturated heterocycles. The fourth-order valence-electron chi connectivity index (χ4n) is 9.92. The number of fused-ring (bicyclic) bond motifs is 8. The van der Waals surface area contributed by atoms with Crippen molar-refractivity contribution in [3.63, 3.8) is 0 Å². The van der Waals surface area contributed by atoms with Gasteiger partial charge in [0.05, 0.1) is 11.4 Å². The highest BCUT2D eigenvalue weighted by Crippen LogP contribution is 2.48. The Kier molecular flexibility index (Phi) is 9.02. The summed E-state index contributed by atoms with van der Waals surface area (Å²) in [6.45, 7) is 15.2. The van der Waals surface area contributed by atoms with Crippen molar-refractivity contribution in [3.8, 4) is 23.0 Å². The van der Waals surface area contributed by atoms with Gasteiger partial charge in [0.15, 0.2) is 0 Å². The normalized spacial score (nSPS) is 12.6. The molecular weight excluding hydrogens is 767 g/mol. The third kappa shape index (κ3) is 6.53. The molecule has 0 aliphatic carbocycles. The van der Waals surface area contributed by atoms with Gasteiger partial charge in [0.1, 0.15) is 23.0 Å². The van der Waals surface area contributed by atoms with E-state index >= 15 is 0 Å². The Labute approximate surface area is 371 Å². The van der Waals surface area contributed by atoms with Crippen LogP contribution >= 0.6 is 0 Å². The Hall–Kier alpha value is -7.24. The van der Waals surface area contributed by atoms with Crippen molar-refractivity contribution < 1.29 is 9.47 Å². The molecule has 0 aromatic heterocycles. The van der Waals surface area contributed by atoms with Crippen molar-refractivity contribution in [2.24, 2.45) is 0 Å². The van der Waals surface area contributed by atoms with Crippen molar-refractivity contribution in [1.82, 2.24) is 0 Å². The lowest BCUT2D eigenvalue weighted by atomic mass is 9.33. The van der Waals surface area contributed by atoms with Gasteiger partial charge in [-0.15, -0.1) is 0 Å². The number of benzene rings is 9. The first-order chi connectivity index (χ1) is 30.5. The van der Waals surface area contributed by atoms with Crippen LogP contribution in [0.2, 0.25) is 0 Å². The van der Waals surface area contributed by atoms with Gasteiger partial charge in [0.25, 0.3) is 6.71 Å². The number of nitrogens with zero attached hydrogens (tertiary/aromatic N) is 2. The van der Waals surface area contributed by atoms with Gasteiger partial charge in [-0.1, -0.05) is 118 Å². The summed E-state index contributed by atoms with van der Waals surface area (Å²) in [5, 5.41) is 4.61. The second-order valence-electron chi connectivity index (χ2n) is 18.5. The summed E-state index contributed by atoms with van der Waals surface area (Å²) in [5.74, 6) is 3.39. The second kappa shape index (κ2) is 14.7. The quantitative estimate of drug-likeness (QED) is 0.156. The van der Waals surface area contributed by atoms with Gasteiger partial charge in [-0.25, -0.2) is 0 Å². The van der Waals surface area contributed by atoms with Crippen LogP contribution in [0.5, 0.6) is 23.0 Å². The topological polar surface area (TPSA) is 24.9 Å². The van der Waals surface area contributed by atoms with E-state index in [4.69, 9.17) is 9.47 Å². The van der Waals surface area contributed by atoms with Crippen LogP contribution in [0.4, 0.5) is 34.1 Å². The van der Waals surface area contributed by atoms with Crippen LogP contribution in [-0.4, -0.2) is 6.71 Å². The Bertz CT molecular complexity index is 3010. The maximum Gasteiger partial charge on any atom is 0.262 e. The van der Waals surface area contributed by atoms with E-state index in [2.05, 4.69) is 228 Å². The van der Waals surface area contributed by atoms with Crippen molar-refractivity contribution in [2.75, 3.05) is 9.80 Å². The molecule has 0 unspecified atom stereocenters.